The number of aliphatic carboxylic acids is 2. The maximum atomic E-state index is 11.8. The van der Waals surface area contributed by atoms with Crippen LogP contribution in [0, 0.1) is 0 Å². The van der Waals surface area contributed by atoms with Gasteiger partial charge in [0.25, 0.3) is 0 Å². The van der Waals surface area contributed by atoms with Crippen molar-refractivity contribution in [3.63, 3.8) is 0 Å². The molecule has 1 aromatic rings. The third kappa shape index (κ3) is 8.31. The molecular formula is C16H23N3O7. The van der Waals surface area contributed by atoms with Gasteiger partial charge in [-0.25, -0.2) is 9.59 Å². The Morgan fingerprint density at radius 3 is 2.38 bits per heavy atom. The first kappa shape index (κ1) is 21.2. The molecule has 0 bridgehead atoms. The summed E-state index contributed by atoms with van der Waals surface area (Å²) in [5.74, 6) is -2.33. The summed E-state index contributed by atoms with van der Waals surface area (Å²) in [6.07, 6.45) is 1.02. The molecule has 0 aromatic heterocycles. The molecule has 1 heterocycles. The Bertz CT molecular complexity index is 622. The summed E-state index contributed by atoms with van der Waals surface area (Å²) in [6, 6.07) is 5.37. The van der Waals surface area contributed by atoms with Gasteiger partial charge in [0.05, 0.1) is 6.54 Å². The Kier molecular flexibility index (Phi) is 8.88. The number of ether oxygens (including phenoxy) is 2. The molecule has 1 aliphatic rings. The summed E-state index contributed by atoms with van der Waals surface area (Å²) in [4.78, 5) is 32.1. The number of carbonyl (C=O) groups excluding carboxylic acids is 1. The third-order valence-electron chi connectivity index (χ3n) is 3.08. The second kappa shape index (κ2) is 10.9. The van der Waals surface area contributed by atoms with Gasteiger partial charge in [-0.05, 0) is 45.7 Å². The Labute approximate surface area is 150 Å². The Morgan fingerprint density at radius 1 is 1.12 bits per heavy atom. The minimum atomic E-state index is -1.82. The lowest BCUT2D eigenvalue weighted by atomic mass is 10.3. The molecule has 10 heteroatoms. The van der Waals surface area contributed by atoms with Crippen LogP contribution in [0.3, 0.4) is 0 Å². The number of carboxylic acids is 2. The van der Waals surface area contributed by atoms with Crippen LogP contribution in [0.4, 0.5) is 5.69 Å². The molecule has 10 nitrogen and oxygen atoms in total. The number of fused-ring (bicyclic) bond motifs is 1. The second-order valence-corrected chi connectivity index (χ2v) is 5.56. The molecule has 144 valence electrons. The number of amides is 1. The van der Waals surface area contributed by atoms with E-state index in [4.69, 9.17) is 29.3 Å². The number of benzene rings is 1. The molecule has 0 spiro atoms. The first-order chi connectivity index (χ1) is 12.3. The van der Waals surface area contributed by atoms with Crippen LogP contribution in [0.25, 0.3) is 0 Å². The topological polar surface area (TPSA) is 137 Å². The maximum Gasteiger partial charge on any atom is 0.414 e. The highest BCUT2D eigenvalue weighted by atomic mass is 16.7. The van der Waals surface area contributed by atoms with Crippen LogP contribution < -0.4 is 20.1 Å². The molecule has 0 unspecified atom stereocenters. The molecule has 1 aliphatic heterocycles. The maximum absolute atomic E-state index is 11.8. The summed E-state index contributed by atoms with van der Waals surface area (Å²) in [5.41, 5.74) is 0.717. The Hall–Kier alpha value is -2.85. The average Bonchev–Trinajstić information content (AvgIpc) is 3.02. The predicted octanol–water partition coefficient (Wildman–Crippen LogP) is 0.0507. The molecule has 1 aromatic carbocycles. The van der Waals surface area contributed by atoms with E-state index in [1.165, 1.54) is 0 Å². The molecule has 0 saturated carbocycles. The van der Waals surface area contributed by atoms with E-state index in [0.717, 1.165) is 19.5 Å². The van der Waals surface area contributed by atoms with Crippen LogP contribution >= 0.6 is 0 Å². The van der Waals surface area contributed by atoms with Crippen LogP contribution in [-0.2, 0) is 14.4 Å². The Balaban J connectivity index is 0.000000487. The largest absolute Gasteiger partial charge is 0.473 e. The molecule has 0 saturated heterocycles. The SMILES string of the molecule is CN(C)CCCNCC(=O)Nc1ccc2c(c1)OCO2.O=C(O)C(=O)O. The van der Waals surface area contributed by atoms with Gasteiger partial charge in [0.15, 0.2) is 11.5 Å². The molecule has 4 N–H and O–H groups in total. The standard InChI is InChI=1S/C14H21N3O3.C2H2O4/c1-17(2)7-3-6-15-9-14(18)16-11-4-5-12-13(8-11)20-10-19-12;3-1(4)2(5)6/h4-5,8,15H,3,6-7,9-10H2,1-2H3,(H,16,18);(H,3,4)(H,5,6). The summed E-state index contributed by atoms with van der Waals surface area (Å²) < 4.78 is 10.5. The van der Waals surface area contributed by atoms with Crippen molar-refractivity contribution >= 4 is 23.5 Å². The molecule has 0 radical (unpaired) electrons. The fraction of sp³-hybridized carbons (Fsp3) is 0.438. The zero-order valence-corrected chi connectivity index (χ0v) is 14.7. The minimum absolute atomic E-state index is 0.0614. The van der Waals surface area contributed by atoms with Gasteiger partial charge in [-0.1, -0.05) is 0 Å². The van der Waals surface area contributed by atoms with E-state index in [-0.39, 0.29) is 12.7 Å². The van der Waals surface area contributed by atoms with Crippen molar-refractivity contribution < 1.29 is 34.1 Å². The van der Waals surface area contributed by atoms with Crippen molar-refractivity contribution in [1.29, 1.82) is 0 Å². The molecule has 1 amide bonds. The molecule has 0 aliphatic carbocycles. The summed E-state index contributed by atoms with van der Waals surface area (Å²) in [6.45, 7) is 2.38. The van der Waals surface area contributed by atoms with E-state index in [1.54, 1.807) is 18.2 Å². The molecule has 2 rings (SSSR count). The van der Waals surface area contributed by atoms with Gasteiger partial charge in [0.1, 0.15) is 0 Å². The number of carboxylic acid groups (broad SMARTS) is 2. The van der Waals surface area contributed by atoms with E-state index in [0.29, 0.717) is 23.7 Å². The van der Waals surface area contributed by atoms with Crippen molar-refractivity contribution in [1.82, 2.24) is 10.2 Å². The van der Waals surface area contributed by atoms with Gasteiger partial charge < -0.3 is 35.2 Å². The van der Waals surface area contributed by atoms with Crippen molar-refractivity contribution in [3.8, 4) is 11.5 Å². The fourth-order valence-corrected chi connectivity index (χ4v) is 1.90. The third-order valence-corrected chi connectivity index (χ3v) is 3.08. The van der Waals surface area contributed by atoms with Crippen molar-refractivity contribution in [2.45, 2.75) is 6.42 Å². The van der Waals surface area contributed by atoms with Gasteiger partial charge in [-0.15, -0.1) is 0 Å². The van der Waals surface area contributed by atoms with Gasteiger partial charge in [-0.3, -0.25) is 4.79 Å². The van der Waals surface area contributed by atoms with Crippen molar-refractivity contribution in [2.75, 3.05) is 45.8 Å². The first-order valence-electron chi connectivity index (χ1n) is 7.80. The normalized spacial score (nSPS) is 11.5. The lowest BCUT2D eigenvalue weighted by Crippen LogP contribution is -2.30. The van der Waals surface area contributed by atoms with Crippen LogP contribution in [0.2, 0.25) is 0 Å². The number of hydrogen-bond donors (Lipinski definition) is 4. The second-order valence-electron chi connectivity index (χ2n) is 5.56. The van der Waals surface area contributed by atoms with E-state index >= 15 is 0 Å². The van der Waals surface area contributed by atoms with Crippen LogP contribution in [0.1, 0.15) is 6.42 Å². The number of hydrogen-bond acceptors (Lipinski definition) is 7. The van der Waals surface area contributed by atoms with E-state index in [2.05, 4.69) is 15.5 Å². The lowest BCUT2D eigenvalue weighted by molar-refractivity contribution is -0.159. The van der Waals surface area contributed by atoms with Gasteiger partial charge in [-0.2, -0.15) is 0 Å². The van der Waals surface area contributed by atoms with Crippen LogP contribution in [0.5, 0.6) is 11.5 Å². The fourth-order valence-electron chi connectivity index (χ4n) is 1.90. The molecule has 0 fully saturated rings. The lowest BCUT2D eigenvalue weighted by Gasteiger charge is -2.10. The quantitative estimate of drug-likeness (QED) is 0.388. The highest BCUT2D eigenvalue weighted by Gasteiger charge is 2.13. The Morgan fingerprint density at radius 2 is 1.77 bits per heavy atom. The monoisotopic (exact) mass is 369 g/mol. The summed E-state index contributed by atoms with van der Waals surface area (Å²) >= 11 is 0. The highest BCUT2D eigenvalue weighted by Crippen LogP contribution is 2.34. The van der Waals surface area contributed by atoms with E-state index < -0.39 is 11.9 Å². The zero-order valence-electron chi connectivity index (χ0n) is 14.7. The molecular weight excluding hydrogens is 346 g/mol. The first-order valence-corrected chi connectivity index (χ1v) is 7.80. The highest BCUT2D eigenvalue weighted by molar-refractivity contribution is 6.27. The molecule has 26 heavy (non-hydrogen) atoms. The average molecular weight is 369 g/mol. The number of carbonyl (C=O) groups is 3. The van der Waals surface area contributed by atoms with E-state index in [1.807, 2.05) is 14.1 Å². The van der Waals surface area contributed by atoms with E-state index in [9.17, 15) is 4.79 Å². The zero-order chi connectivity index (χ0) is 19.5. The number of nitrogens with one attached hydrogen (secondary N) is 2. The number of anilines is 1. The van der Waals surface area contributed by atoms with Crippen LogP contribution in [-0.4, -0.2) is 73.5 Å². The summed E-state index contributed by atoms with van der Waals surface area (Å²) in [5, 5.41) is 20.7. The smallest absolute Gasteiger partial charge is 0.414 e. The van der Waals surface area contributed by atoms with Gasteiger partial charge in [0, 0.05) is 11.8 Å². The van der Waals surface area contributed by atoms with Crippen molar-refractivity contribution in [2.24, 2.45) is 0 Å². The molecule has 0 atom stereocenters. The number of nitrogens with zero attached hydrogens (tertiary/aromatic N) is 1. The minimum Gasteiger partial charge on any atom is -0.473 e. The van der Waals surface area contributed by atoms with Gasteiger partial charge >= 0.3 is 11.9 Å². The van der Waals surface area contributed by atoms with Gasteiger partial charge in [0.2, 0.25) is 12.7 Å². The summed E-state index contributed by atoms with van der Waals surface area (Å²) in [7, 11) is 4.07. The van der Waals surface area contributed by atoms with Crippen molar-refractivity contribution in [3.05, 3.63) is 18.2 Å². The predicted molar refractivity (Wildman–Crippen MR) is 92.5 cm³/mol. The van der Waals surface area contributed by atoms with Crippen LogP contribution in [0.15, 0.2) is 18.2 Å². The number of rotatable bonds is 7.